The molecule has 2 aliphatic heterocycles. The summed E-state index contributed by atoms with van der Waals surface area (Å²) in [6.07, 6.45) is 22.6. The van der Waals surface area contributed by atoms with Crippen LogP contribution in [-0.2, 0) is 14.2 Å². The smallest absolute Gasteiger partial charge is 0.184 e. The molecule has 3 atom stereocenters. The van der Waals surface area contributed by atoms with Crippen LogP contribution in [-0.4, -0.2) is 31.7 Å². The molecule has 2 saturated heterocycles. The maximum absolute atomic E-state index is 5.83. The van der Waals surface area contributed by atoms with Crippen LogP contribution in [0.3, 0.4) is 0 Å². The highest BCUT2D eigenvalue weighted by atomic mass is 16.8. The standard InChI is InChI=1S/C22H42O3/c1-2-3-4-5-6-7-8-9-10-11-12-13-14-15-16-17-21-22-24-19-20(25-22)18-23-21/h20-22H,2-19H2,1H3/t20-,21?,22+/m1/s1. The Morgan fingerprint density at radius 3 is 1.64 bits per heavy atom. The number of rotatable bonds is 16. The van der Waals surface area contributed by atoms with Crippen molar-refractivity contribution in [2.45, 2.75) is 128 Å². The van der Waals surface area contributed by atoms with Gasteiger partial charge in [-0.1, -0.05) is 103 Å². The number of hydrogen-bond donors (Lipinski definition) is 0. The number of hydrogen-bond acceptors (Lipinski definition) is 3. The Morgan fingerprint density at radius 2 is 1.08 bits per heavy atom. The Morgan fingerprint density at radius 1 is 0.600 bits per heavy atom. The summed E-state index contributed by atoms with van der Waals surface area (Å²) in [5, 5.41) is 0. The van der Waals surface area contributed by atoms with Gasteiger partial charge in [0.1, 0.15) is 12.2 Å². The van der Waals surface area contributed by atoms with Crippen LogP contribution in [0.15, 0.2) is 0 Å². The van der Waals surface area contributed by atoms with Crippen molar-refractivity contribution in [2.75, 3.05) is 13.2 Å². The van der Waals surface area contributed by atoms with Crippen molar-refractivity contribution in [1.82, 2.24) is 0 Å². The second kappa shape index (κ2) is 14.0. The van der Waals surface area contributed by atoms with Gasteiger partial charge in [0.15, 0.2) is 6.29 Å². The van der Waals surface area contributed by atoms with Crippen LogP contribution < -0.4 is 0 Å². The molecule has 0 N–H and O–H groups in total. The third-order valence-electron chi connectivity index (χ3n) is 5.66. The average molecular weight is 355 g/mol. The number of unbranched alkanes of at least 4 members (excludes halogenated alkanes) is 14. The molecule has 0 aromatic rings. The van der Waals surface area contributed by atoms with E-state index in [1.54, 1.807) is 0 Å². The molecule has 0 radical (unpaired) electrons. The molecule has 0 amide bonds. The van der Waals surface area contributed by atoms with Gasteiger partial charge in [-0.15, -0.1) is 0 Å². The minimum absolute atomic E-state index is 0.0783. The van der Waals surface area contributed by atoms with Crippen LogP contribution in [0.25, 0.3) is 0 Å². The molecule has 2 bridgehead atoms. The number of fused-ring (bicyclic) bond motifs is 2. The molecule has 148 valence electrons. The van der Waals surface area contributed by atoms with E-state index in [9.17, 15) is 0 Å². The maximum Gasteiger partial charge on any atom is 0.184 e. The Balaban J connectivity index is 1.26. The molecule has 2 aliphatic rings. The lowest BCUT2D eigenvalue weighted by molar-refractivity contribution is -0.198. The summed E-state index contributed by atoms with van der Waals surface area (Å²) in [5.41, 5.74) is 0. The second-order valence-electron chi connectivity index (χ2n) is 8.07. The molecular weight excluding hydrogens is 312 g/mol. The average Bonchev–Trinajstić information content (AvgIpc) is 3.02. The van der Waals surface area contributed by atoms with E-state index in [-0.39, 0.29) is 18.5 Å². The fourth-order valence-corrected chi connectivity index (χ4v) is 4.00. The fraction of sp³-hybridized carbons (Fsp3) is 1.00. The summed E-state index contributed by atoms with van der Waals surface area (Å²) in [5.74, 6) is 0. The van der Waals surface area contributed by atoms with Gasteiger partial charge in [0.05, 0.1) is 13.2 Å². The topological polar surface area (TPSA) is 27.7 Å². The van der Waals surface area contributed by atoms with Gasteiger partial charge in [0.25, 0.3) is 0 Å². The van der Waals surface area contributed by atoms with Crippen molar-refractivity contribution in [3.63, 3.8) is 0 Å². The molecular formula is C22H42O3. The van der Waals surface area contributed by atoms with Crippen LogP contribution >= 0.6 is 0 Å². The highest BCUT2D eigenvalue weighted by Crippen LogP contribution is 2.26. The zero-order valence-electron chi connectivity index (χ0n) is 16.7. The molecule has 1 unspecified atom stereocenters. The first-order valence-electron chi connectivity index (χ1n) is 11.3. The van der Waals surface area contributed by atoms with Crippen LogP contribution in [0, 0.1) is 0 Å². The van der Waals surface area contributed by atoms with Crippen LogP contribution in [0.2, 0.25) is 0 Å². The molecule has 0 aromatic carbocycles. The summed E-state index contributed by atoms with van der Waals surface area (Å²) >= 11 is 0. The Kier molecular flexibility index (Phi) is 11.9. The van der Waals surface area contributed by atoms with E-state index < -0.39 is 0 Å². The molecule has 25 heavy (non-hydrogen) atoms. The van der Waals surface area contributed by atoms with Crippen molar-refractivity contribution in [3.05, 3.63) is 0 Å². The Bertz CT molecular complexity index is 308. The molecule has 0 aromatic heterocycles. The van der Waals surface area contributed by atoms with Gasteiger partial charge >= 0.3 is 0 Å². The first-order valence-corrected chi connectivity index (χ1v) is 11.3. The van der Waals surface area contributed by atoms with E-state index >= 15 is 0 Å². The van der Waals surface area contributed by atoms with Crippen LogP contribution in [0.1, 0.15) is 110 Å². The van der Waals surface area contributed by atoms with Crippen molar-refractivity contribution in [3.8, 4) is 0 Å². The van der Waals surface area contributed by atoms with Gasteiger partial charge < -0.3 is 14.2 Å². The van der Waals surface area contributed by atoms with Gasteiger partial charge in [-0.3, -0.25) is 0 Å². The molecule has 2 heterocycles. The van der Waals surface area contributed by atoms with E-state index in [2.05, 4.69) is 6.92 Å². The monoisotopic (exact) mass is 354 g/mol. The lowest BCUT2D eigenvalue weighted by Gasteiger charge is -2.27. The molecule has 0 spiro atoms. The lowest BCUT2D eigenvalue weighted by atomic mass is 10.0. The fourth-order valence-electron chi connectivity index (χ4n) is 4.00. The second-order valence-corrected chi connectivity index (χ2v) is 8.07. The van der Waals surface area contributed by atoms with Gasteiger partial charge in [-0.25, -0.2) is 0 Å². The predicted molar refractivity (Wildman–Crippen MR) is 104 cm³/mol. The molecule has 3 heteroatoms. The summed E-state index contributed by atoms with van der Waals surface area (Å²) < 4.78 is 17.2. The third kappa shape index (κ3) is 9.40. The van der Waals surface area contributed by atoms with Gasteiger partial charge in [-0.05, 0) is 6.42 Å². The molecule has 0 saturated carbocycles. The maximum atomic E-state index is 5.83. The van der Waals surface area contributed by atoms with Crippen molar-refractivity contribution >= 4 is 0 Å². The third-order valence-corrected chi connectivity index (χ3v) is 5.66. The minimum atomic E-state index is -0.0783. The summed E-state index contributed by atoms with van der Waals surface area (Å²) in [7, 11) is 0. The normalized spacial score (nSPS) is 25.6. The van der Waals surface area contributed by atoms with Crippen molar-refractivity contribution in [1.29, 1.82) is 0 Å². The molecule has 0 aliphatic carbocycles. The van der Waals surface area contributed by atoms with Crippen LogP contribution in [0.4, 0.5) is 0 Å². The Hall–Kier alpha value is -0.120. The van der Waals surface area contributed by atoms with E-state index in [1.807, 2.05) is 0 Å². The first kappa shape index (κ1) is 21.2. The van der Waals surface area contributed by atoms with Gasteiger partial charge in [0, 0.05) is 0 Å². The summed E-state index contributed by atoms with van der Waals surface area (Å²) in [6.45, 7) is 3.73. The molecule has 2 rings (SSSR count). The van der Waals surface area contributed by atoms with E-state index in [0.29, 0.717) is 0 Å². The molecule has 3 nitrogen and oxygen atoms in total. The highest BCUT2D eigenvalue weighted by Gasteiger charge is 2.38. The largest absolute Gasteiger partial charge is 0.370 e. The Labute approximate surface area is 156 Å². The van der Waals surface area contributed by atoms with Crippen LogP contribution in [0.5, 0.6) is 0 Å². The van der Waals surface area contributed by atoms with Gasteiger partial charge in [-0.2, -0.15) is 0 Å². The summed E-state index contributed by atoms with van der Waals surface area (Å²) in [6, 6.07) is 0. The first-order chi connectivity index (χ1) is 12.4. The van der Waals surface area contributed by atoms with Gasteiger partial charge in [0.2, 0.25) is 0 Å². The zero-order valence-corrected chi connectivity index (χ0v) is 16.7. The van der Waals surface area contributed by atoms with E-state index in [4.69, 9.17) is 14.2 Å². The SMILES string of the molecule is CCCCCCCCCCCCCCCCCC1OC[C@@H]2CO[C@H]1O2. The number of ether oxygens (including phenoxy) is 3. The highest BCUT2D eigenvalue weighted by molar-refractivity contribution is 4.77. The quantitative estimate of drug-likeness (QED) is 0.301. The zero-order chi connectivity index (χ0) is 17.6. The van der Waals surface area contributed by atoms with Crippen molar-refractivity contribution < 1.29 is 14.2 Å². The van der Waals surface area contributed by atoms with Crippen molar-refractivity contribution in [2.24, 2.45) is 0 Å². The lowest BCUT2D eigenvalue weighted by Crippen LogP contribution is -2.37. The minimum Gasteiger partial charge on any atom is -0.370 e. The van der Waals surface area contributed by atoms with E-state index in [1.165, 1.54) is 96.3 Å². The van der Waals surface area contributed by atoms with E-state index in [0.717, 1.165) is 19.6 Å². The predicted octanol–water partition coefficient (Wildman–Crippen LogP) is 6.39. The molecule has 2 fully saturated rings. The summed E-state index contributed by atoms with van der Waals surface area (Å²) in [4.78, 5) is 0.